The van der Waals surface area contributed by atoms with Crippen LogP contribution in [0.5, 0.6) is 0 Å². The first kappa shape index (κ1) is 13.1. The van der Waals surface area contributed by atoms with Gasteiger partial charge in [0, 0.05) is 17.1 Å². The number of thiazole rings is 1. The summed E-state index contributed by atoms with van der Waals surface area (Å²) in [6.45, 7) is 4.57. The molecule has 2 aromatic rings. The van der Waals surface area contributed by atoms with E-state index in [1.807, 2.05) is 13.8 Å². The summed E-state index contributed by atoms with van der Waals surface area (Å²) >= 11 is 1.52. The van der Waals surface area contributed by atoms with Gasteiger partial charge in [-0.25, -0.2) is 13.8 Å². The van der Waals surface area contributed by atoms with Crippen LogP contribution in [0.1, 0.15) is 28.4 Å². The molecule has 1 atom stereocenters. The van der Waals surface area contributed by atoms with E-state index in [2.05, 4.69) is 10.3 Å². The molecule has 1 heterocycles. The molecule has 0 spiro atoms. The molecule has 0 saturated heterocycles. The fourth-order valence-electron chi connectivity index (χ4n) is 1.84. The first-order chi connectivity index (χ1) is 8.60. The molecule has 0 bridgehead atoms. The smallest absolute Gasteiger partial charge is 0.126 e. The van der Waals surface area contributed by atoms with Crippen molar-refractivity contribution >= 4 is 11.3 Å². The van der Waals surface area contributed by atoms with Gasteiger partial charge in [0.05, 0.1) is 11.0 Å². The van der Waals surface area contributed by atoms with Crippen LogP contribution >= 0.6 is 11.3 Å². The van der Waals surface area contributed by atoms with E-state index in [4.69, 9.17) is 0 Å². The van der Waals surface area contributed by atoms with Crippen LogP contribution < -0.4 is 5.32 Å². The van der Waals surface area contributed by atoms with Crippen LogP contribution in [0, 0.1) is 18.6 Å². The van der Waals surface area contributed by atoms with Crippen LogP contribution in [-0.4, -0.2) is 11.5 Å². The lowest BCUT2D eigenvalue weighted by Gasteiger charge is -2.16. The van der Waals surface area contributed by atoms with Crippen molar-refractivity contribution < 1.29 is 8.78 Å². The lowest BCUT2D eigenvalue weighted by Crippen LogP contribution is -2.21. The number of hydrogen-bond acceptors (Lipinski definition) is 3. The van der Waals surface area contributed by atoms with E-state index in [0.29, 0.717) is 12.1 Å². The lowest BCUT2D eigenvalue weighted by molar-refractivity contribution is 0.567. The summed E-state index contributed by atoms with van der Waals surface area (Å²) < 4.78 is 26.5. The fourth-order valence-corrected chi connectivity index (χ4v) is 2.73. The number of benzene rings is 1. The number of hydrogen-bond donors (Lipinski definition) is 1. The van der Waals surface area contributed by atoms with Crippen LogP contribution in [0.15, 0.2) is 24.4 Å². The van der Waals surface area contributed by atoms with Gasteiger partial charge in [-0.3, -0.25) is 0 Å². The number of halogens is 2. The van der Waals surface area contributed by atoms with Crippen molar-refractivity contribution in [3.63, 3.8) is 0 Å². The molecule has 0 fully saturated rings. The highest BCUT2D eigenvalue weighted by Gasteiger charge is 2.17. The van der Waals surface area contributed by atoms with Gasteiger partial charge in [0.2, 0.25) is 0 Å². The topological polar surface area (TPSA) is 24.9 Å². The van der Waals surface area contributed by atoms with Gasteiger partial charge < -0.3 is 5.32 Å². The van der Waals surface area contributed by atoms with Gasteiger partial charge in [0.15, 0.2) is 0 Å². The predicted molar refractivity (Wildman–Crippen MR) is 68.7 cm³/mol. The van der Waals surface area contributed by atoms with Crippen LogP contribution in [0.4, 0.5) is 8.78 Å². The first-order valence-electron chi connectivity index (χ1n) is 5.72. The average molecular weight is 268 g/mol. The SMILES string of the molecule is CCNC(c1cc(F)cc(F)c1)c1cnc(C)s1. The zero-order chi connectivity index (χ0) is 13.1. The normalized spacial score (nSPS) is 12.7. The Hall–Kier alpha value is -1.33. The molecular formula is C13H14F2N2S. The zero-order valence-electron chi connectivity index (χ0n) is 10.2. The third-order valence-corrected chi connectivity index (χ3v) is 3.53. The molecule has 96 valence electrons. The molecule has 0 aliphatic carbocycles. The molecule has 2 nitrogen and oxygen atoms in total. The van der Waals surface area contributed by atoms with E-state index in [9.17, 15) is 8.78 Å². The van der Waals surface area contributed by atoms with Gasteiger partial charge in [0.25, 0.3) is 0 Å². The van der Waals surface area contributed by atoms with Gasteiger partial charge in [-0.1, -0.05) is 6.92 Å². The Bertz CT molecular complexity index is 519. The highest BCUT2D eigenvalue weighted by Crippen LogP contribution is 2.27. The minimum Gasteiger partial charge on any atom is -0.306 e. The Kier molecular flexibility index (Phi) is 4.04. The molecule has 1 aromatic carbocycles. The van der Waals surface area contributed by atoms with Crippen LogP contribution in [0.3, 0.4) is 0 Å². The quantitative estimate of drug-likeness (QED) is 0.919. The molecule has 0 saturated carbocycles. The maximum Gasteiger partial charge on any atom is 0.126 e. The van der Waals surface area contributed by atoms with Crippen molar-refractivity contribution in [1.29, 1.82) is 0 Å². The largest absolute Gasteiger partial charge is 0.306 e. The maximum absolute atomic E-state index is 13.3. The highest BCUT2D eigenvalue weighted by atomic mass is 32.1. The minimum absolute atomic E-state index is 0.216. The standard InChI is InChI=1S/C13H14F2N2S/c1-3-16-13(12-7-17-8(2)18-12)9-4-10(14)6-11(15)5-9/h4-7,13,16H,3H2,1-2H3. The van der Waals surface area contributed by atoms with Crippen molar-refractivity contribution in [3.8, 4) is 0 Å². The van der Waals surface area contributed by atoms with E-state index >= 15 is 0 Å². The summed E-state index contributed by atoms with van der Waals surface area (Å²) in [5.41, 5.74) is 0.581. The van der Waals surface area contributed by atoms with Crippen LogP contribution in [0.2, 0.25) is 0 Å². The monoisotopic (exact) mass is 268 g/mol. The van der Waals surface area contributed by atoms with Crippen LogP contribution in [0.25, 0.3) is 0 Å². The van der Waals surface area contributed by atoms with Gasteiger partial charge in [-0.2, -0.15) is 0 Å². The van der Waals surface area contributed by atoms with Gasteiger partial charge >= 0.3 is 0 Å². The third-order valence-electron chi connectivity index (χ3n) is 2.55. The lowest BCUT2D eigenvalue weighted by atomic mass is 10.1. The van der Waals surface area contributed by atoms with E-state index in [0.717, 1.165) is 16.0 Å². The summed E-state index contributed by atoms with van der Waals surface area (Å²) in [6, 6.07) is 3.37. The fraction of sp³-hybridized carbons (Fsp3) is 0.308. The number of aromatic nitrogens is 1. The van der Waals surface area contributed by atoms with E-state index in [1.165, 1.54) is 23.5 Å². The average Bonchev–Trinajstić information content (AvgIpc) is 2.71. The van der Waals surface area contributed by atoms with Crippen molar-refractivity contribution in [2.45, 2.75) is 19.9 Å². The molecule has 0 aliphatic rings. The molecule has 0 radical (unpaired) electrons. The summed E-state index contributed by atoms with van der Waals surface area (Å²) in [7, 11) is 0. The number of nitrogens with zero attached hydrogens (tertiary/aromatic N) is 1. The van der Waals surface area contributed by atoms with Crippen molar-refractivity contribution in [2.75, 3.05) is 6.54 Å². The first-order valence-corrected chi connectivity index (χ1v) is 6.53. The van der Waals surface area contributed by atoms with Crippen molar-refractivity contribution in [2.24, 2.45) is 0 Å². The number of aryl methyl sites for hydroxylation is 1. The summed E-state index contributed by atoms with van der Waals surface area (Å²) in [4.78, 5) is 5.14. The molecule has 0 amide bonds. The molecule has 1 N–H and O–H groups in total. The van der Waals surface area contributed by atoms with Gasteiger partial charge in [-0.15, -0.1) is 11.3 Å². The number of rotatable bonds is 4. The second kappa shape index (κ2) is 5.54. The van der Waals surface area contributed by atoms with Gasteiger partial charge in [0.1, 0.15) is 11.6 Å². The Morgan fingerprint density at radius 3 is 2.44 bits per heavy atom. The molecule has 0 aliphatic heterocycles. The Labute approximate surface area is 109 Å². The Balaban J connectivity index is 2.40. The third kappa shape index (κ3) is 2.91. The highest BCUT2D eigenvalue weighted by molar-refractivity contribution is 7.11. The Morgan fingerprint density at radius 1 is 1.28 bits per heavy atom. The molecular weight excluding hydrogens is 254 g/mol. The van der Waals surface area contributed by atoms with E-state index in [-0.39, 0.29) is 6.04 Å². The maximum atomic E-state index is 13.3. The summed E-state index contributed by atoms with van der Waals surface area (Å²) in [5.74, 6) is -1.12. The Morgan fingerprint density at radius 2 is 1.94 bits per heavy atom. The van der Waals surface area contributed by atoms with E-state index in [1.54, 1.807) is 6.20 Å². The summed E-state index contributed by atoms with van der Waals surface area (Å²) in [5, 5.41) is 4.16. The minimum atomic E-state index is -0.561. The van der Waals surface area contributed by atoms with Crippen molar-refractivity contribution in [3.05, 3.63) is 51.5 Å². The van der Waals surface area contributed by atoms with Gasteiger partial charge in [-0.05, 0) is 31.2 Å². The van der Waals surface area contributed by atoms with E-state index < -0.39 is 11.6 Å². The van der Waals surface area contributed by atoms with Crippen molar-refractivity contribution in [1.82, 2.24) is 10.3 Å². The molecule has 18 heavy (non-hydrogen) atoms. The zero-order valence-corrected chi connectivity index (χ0v) is 11.0. The second-order valence-electron chi connectivity index (χ2n) is 3.98. The van der Waals surface area contributed by atoms with Crippen LogP contribution in [-0.2, 0) is 0 Å². The molecule has 5 heteroatoms. The summed E-state index contributed by atoms with van der Waals surface area (Å²) in [6.07, 6.45) is 1.75. The number of nitrogens with one attached hydrogen (secondary N) is 1. The predicted octanol–water partition coefficient (Wildman–Crippen LogP) is 3.43. The molecule has 2 rings (SSSR count). The molecule has 1 aromatic heterocycles. The second-order valence-corrected chi connectivity index (χ2v) is 5.24. The molecule has 1 unspecified atom stereocenters.